The second-order valence-electron chi connectivity index (χ2n) is 5.90. The van der Waals surface area contributed by atoms with E-state index in [0.29, 0.717) is 13.0 Å². The van der Waals surface area contributed by atoms with Crippen molar-refractivity contribution in [2.45, 2.75) is 77.4 Å². The molecule has 1 aliphatic heterocycles. The average molecular weight is 308 g/mol. The highest BCUT2D eigenvalue weighted by atomic mass is 16.7. The number of ether oxygens (including phenoxy) is 2. The predicted molar refractivity (Wildman–Crippen MR) is 90.8 cm³/mol. The Morgan fingerprint density at radius 3 is 2.73 bits per heavy atom. The number of carbonyl (C=O) groups is 1. The molecule has 0 aliphatic carbocycles. The van der Waals surface area contributed by atoms with Crippen LogP contribution in [0.25, 0.3) is 0 Å². The first-order chi connectivity index (χ1) is 10.8. The molecule has 22 heavy (non-hydrogen) atoms. The van der Waals surface area contributed by atoms with Crippen molar-refractivity contribution in [3.8, 4) is 0 Å². The van der Waals surface area contributed by atoms with Crippen LogP contribution in [-0.4, -0.2) is 25.3 Å². The number of rotatable bonds is 12. The summed E-state index contributed by atoms with van der Waals surface area (Å²) in [5.41, 5.74) is 0. The zero-order valence-corrected chi connectivity index (χ0v) is 14.1. The van der Waals surface area contributed by atoms with Gasteiger partial charge in [-0.05, 0) is 31.8 Å². The third-order valence-electron chi connectivity index (χ3n) is 3.82. The number of carbonyl (C=O) groups excluding carboxylic acids is 1. The minimum absolute atomic E-state index is 0.0447. The Kier molecular flexibility index (Phi) is 11.9. The van der Waals surface area contributed by atoms with Crippen LogP contribution in [0.15, 0.2) is 24.3 Å². The van der Waals surface area contributed by atoms with Gasteiger partial charge in [0.2, 0.25) is 0 Å². The van der Waals surface area contributed by atoms with E-state index >= 15 is 0 Å². The second kappa shape index (κ2) is 13.7. The maximum Gasteiger partial charge on any atom is 0.157 e. The Morgan fingerprint density at radius 2 is 1.95 bits per heavy atom. The molecule has 0 bridgehead atoms. The van der Waals surface area contributed by atoms with Gasteiger partial charge in [0.1, 0.15) is 0 Å². The monoisotopic (exact) mass is 308 g/mol. The van der Waals surface area contributed by atoms with Crippen LogP contribution in [0.3, 0.4) is 0 Å². The average Bonchev–Trinajstić information content (AvgIpc) is 2.55. The van der Waals surface area contributed by atoms with E-state index in [1.165, 1.54) is 38.5 Å². The van der Waals surface area contributed by atoms with Gasteiger partial charge in [-0.25, -0.2) is 0 Å². The molecule has 1 unspecified atom stereocenters. The fourth-order valence-corrected chi connectivity index (χ4v) is 2.47. The molecule has 0 aromatic heterocycles. The standard InChI is InChI=1S/C19H32O3/c1-2-3-4-5-6-8-13-18(20)14-9-7-11-16-21-19-15-10-12-17-22-19/h7,9,11,14,19H,2-6,8,10,12-13,15-17H2,1H3/b11-7-,14-9+. The quantitative estimate of drug-likeness (QED) is 0.290. The molecule has 0 aromatic carbocycles. The topological polar surface area (TPSA) is 35.5 Å². The molecular formula is C19H32O3. The van der Waals surface area contributed by atoms with Crippen molar-refractivity contribution in [2.24, 2.45) is 0 Å². The van der Waals surface area contributed by atoms with Crippen LogP contribution in [0.5, 0.6) is 0 Å². The van der Waals surface area contributed by atoms with Crippen LogP contribution in [0.4, 0.5) is 0 Å². The van der Waals surface area contributed by atoms with Gasteiger partial charge in [0.05, 0.1) is 6.61 Å². The number of unbranched alkanes of at least 4 members (excludes halogenated alkanes) is 5. The summed E-state index contributed by atoms with van der Waals surface area (Å²) in [6.07, 6.45) is 18.5. The fourth-order valence-electron chi connectivity index (χ4n) is 2.47. The minimum Gasteiger partial charge on any atom is -0.353 e. The molecule has 1 aliphatic rings. The number of hydrogen-bond donors (Lipinski definition) is 0. The Bertz CT molecular complexity index is 328. The molecule has 0 N–H and O–H groups in total. The smallest absolute Gasteiger partial charge is 0.157 e. The van der Waals surface area contributed by atoms with E-state index in [1.807, 2.05) is 18.2 Å². The molecule has 0 spiro atoms. The van der Waals surface area contributed by atoms with Gasteiger partial charge in [-0.2, -0.15) is 0 Å². The first-order valence-electron chi connectivity index (χ1n) is 8.92. The van der Waals surface area contributed by atoms with Gasteiger partial charge in [-0.3, -0.25) is 4.79 Å². The highest BCUT2D eigenvalue weighted by molar-refractivity contribution is 5.89. The third kappa shape index (κ3) is 10.7. The lowest BCUT2D eigenvalue weighted by atomic mass is 10.1. The first-order valence-corrected chi connectivity index (χ1v) is 8.92. The SMILES string of the molecule is CCCCCCCCC(=O)/C=C/C=C\COC1CCCCO1. The molecule has 0 amide bonds. The Labute approximate surface area is 135 Å². The lowest BCUT2D eigenvalue weighted by Crippen LogP contribution is -2.22. The number of allylic oxidation sites excluding steroid dienone is 3. The van der Waals surface area contributed by atoms with Gasteiger partial charge < -0.3 is 9.47 Å². The third-order valence-corrected chi connectivity index (χ3v) is 3.82. The molecule has 0 radical (unpaired) electrons. The summed E-state index contributed by atoms with van der Waals surface area (Å²) in [6.45, 7) is 3.57. The van der Waals surface area contributed by atoms with Gasteiger partial charge >= 0.3 is 0 Å². The maximum absolute atomic E-state index is 11.6. The molecular weight excluding hydrogens is 276 g/mol. The Morgan fingerprint density at radius 1 is 1.14 bits per heavy atom. The van der Waals surface area contributed by atoms with Gasteiger partial charge in [-0.15, -0.1) is 0 Å². The summed E-state index contributed by atoms with van der Waals surface area (Å²) >= 11 is 0. The van der Waals surface area contributed by atoms with E-state index in [9.17, 15) is 4.79 Å². The number of hydrogen-bond acceptors (Lipinski definition) is 3. The van der Waals surface area contributed by atoms with Gasteiger partial charge in [-0.1, -0.05) is 57.3 Å². The molecule has 1 fully saturated rings. The van der Waals surface area contributed by atoms with Crippen LogP contribution in [0.2, 0.25) is 0 Å². The van der Waals surface area contributed by atoms with Crippen molar-refractivity contribution in [2.75, 3.05) is 13.2 Å². The summed E-state index contributed by atoms with van der Waals surface area (Å²) in [5.74, 6) is 0.219. The van der Waals surface area contributed by atoms with Crippen molar-refractivity contribution in [1.29, 1.82) is 0 Å². The van der Waals surface area contributed by atoms with Crippen LogP contribution in [0.1, 0.15) is 71.1 Å². The first kappa shape index (κ1) is 19.1. The Balaban J connectivity index is 1.96. The second-order valence-corrected chi connectivity index (χ2v) is 5.90. The molecule has 3 nitrogen and oxygen atoms in total. The summed E-state index contributed by atoms with van der Waals surface area (Å²) in [5, 5.41) is 0. The summed E-state index contributed by atoms with van der Waals surface area (Å²) in [7, 11) is 0. The molecule has 0 saturated carbocycles. The fraction of sp³-hybridized carbons (Fsp3) is 0.737. The highest BCUT2D eigenvalue weighted by Crippen LogP contribution is 2.13. The van der Waals surface area contributed by atoms with E-state index in [2.05, 4.69) is 6.92 Å². The zero-order valence-electron chi connectivity index (χ0n) is 14.1. The van der Waals surface area contributed by atoms with Crippen LogP contribution >= 0.6 is 0 Å². The summed E-state index contributed by atoms with van der Waals surface area (Å²) < 4.78 is 11.0. The normalized spacial score (nSPS) is 19.2. The number of ketones is 1. The molecule has 1 atom stereocenters. The molecule has 0 aromatic rings. The largest absolute Gasteiger partial charge is 0.353 e. The van der Waals surface area contributed by atoms with Gasteiger partial charge in [0.15, 0.2) is 12.1 Å². The van der Waals surface area contributed by atoms with Crippen molar-refractivity contribution in [1.82, 2.24) is 0 Å². The van der Waals surface area contributed by atoms with E-state index in [-0.39, 0.29) is 12.1 Å². The lowest BCUT2D eigenvalue weighted by molar-refractivity contribution is -0.155. The molecule has 1 heterocycles. The van der Waals surface area contributed by atoms with Crippen molar-refractivity contribution in [3.63, 3.8) is 0 Å². The van der Waals surface area contributed by atoms with Crippen LogP contribution < -0.4 is 0 Å². The van der Waals surface area contributed by atoms with Crippen LogP contribution in [-0.2, 0) is 14.3 Å². The molecule has 126 valence electrons. The van der Waals surface area contributed by atoms with Crippen molar-refractivity contribution >= 4 is 5.78 Å². The van der Waals surface area contributed by atoms with E-state index in [0.717, 1.165) is 25.9 Å². The molecule has 1 saturated heterocycles. The van der Waals surface area contributed by atoms with E-state index < -0.39 is 0 Å². The molecule has 3 heteroatoms. The minimum atomic E-state index is -0.0447. The van der Waals surface area contributed by atoms with Gasteiger partial charge in [0.25, 0.3) is 0 Å². The van der Waals surface area contributed by atoms with Gasteiger partial charge in [0, 0.05) is 13.0 Å². The predicted octanol–water partition coefficient (Wildman–Crippen LogP) is 4.96. The summed E-state index contributed by atoms with van der Waals surface area (Å²) in [4.78, 5) is 11.6. The zero-order chi connectivity index (χ0) is 15.9. The van der Waals surface area contributed by atoms with Crippen molar-refractivity contribution < 1.29 is 14.3 Å². The summed E-state index contributed by atoms with van der Waals surface area (Å²) in [6, 6.07) is 0. The van der Waals surface area contributed by atoms with Crippen molar-refractivity contribution in [3.05, 3.63) is 24.3 Å². The Hall–Kier alpha value is -0.930. The maximum atomic E-state index is 11.6. The van der Waals surface area contributed by atoms with E-state index in [4.69, 9.17) is 9.47 Å². The van der Waals surface area contributed by atoms with E-state index in [1.54, 1.807) is 6.08 Å². The lowest BCUT2D eigenvalue weighted by Gasteiger charge is -2.21. The van der Waals surface area contributed by atoms with Crippen LogP contribution in [0, 0.1) is 0 Å². The highest BCUT2D eigenvalue weighted by Gasteiger charge is 2.12. The molecule has 1 rings (SSSR count).